The number of hydrogen-bond donors (Lipinski definition) is 1. The van der Waals surface area contributed by atoms with Gasteiger partial charge in [0, 0.05) is 25.1 Å². The topological polar surface area (TPSA) is 40.5 Å². The predicted octanol–water partition coefficient (Wildman–Crippen LogP) is 2.48. The first-order valence-electron chi connectivity index (χ1n) is 5.54. The lowest BCUT2D eigenvalue weighted by atomic mass is 9.95. The van der Waals surface area contributed by atoms with Crippen molar-refractivity contribution in [1.29, 1.82) is 0 Å². The molecule has 0 radical (unpaired) electrons. The van der Waals surface area contributed by atoms with E-state index in [1.54, 1.807) is 11.8 Å². The fraction of sp³-hybridized carbons (Fsp3) is 0.462. The van der Waals surface area contributed by atoms with Gasteiger partial charge in [0.15, 0.2) is 0 Å². The number of phenols is 1. The largest absolute Gasteiger partial charge is 0.507 e. The Labute approximate surface area is 95.7 Å². The minimum absolute atomic E-state index is 0.0649. The number of benzene rings is 1. The monoisotopic (exact) mass is 219 g/mol. The molecule has 1 unspecified atom stereocenters. The Morgan fingerprint density at radius 2 is 2.12 bits per heavy atom. The zero-order valence-corrected chi connectivity index (χ0v) is 10.2. The van der Waals surface area contributed by atoms with Crippen LogP contribution in [0.25, 0.3) is 0 Å². The molecule has 1 heterocycles. The summed E-state index contributed by atoms with van der Waals surface area (Å²) in [5.41, 5.74) is 3.81. The van der Waals surface area contributed by atoms with Gasteiger partial charge in [-0.05, 0) is 36.6 Å². The molecule has 1 amide bonds. The van der Waals surface area contributed by atoms with Crippen LogP contribution in [0.2, 0.25) is 0 Å². The summed E-state index contributed by atoms with van der Waals surface area (Å²) in [5.74, 6) is 0.719. The van der Waals surface area contributed by atoms with Crippen LogP contribution in [0.1, 0.15) is 36.5 Å². The second-order valence-electron chi connectivity index (χ2n) is 4.63. The molecule has 1 aromatic carbocycles. The van der Waals surface area contributed by atoms with Gasteiger partial charge in [0.25, 0.3) is 0 Å². The molecular formula is C13H17NO2. The van der Waals surface area contributed by atoms with E-state index in [2.05, 4.69) is 6.92 Å². The van der Waals surface area contributed by atoms with E-state index in [1.165, 1.54) is 0 Å². The summed E-state index contributed by atoms with van der Waals surface area (Å²) in [6, 6.07) is 1.91. The number of fused-ring (bicyclic) bond motifs is 1. The van der Waals surface area contributed by atoms with Crippen LogP contribution in [0.4, 0.5) is 5.69 Å². The summed E-state index contributed by atoms with van der Waals surface area (Å²) in [6.45, 7) is 8.17. The van der Waals surface area contributed by atoms with E-state index in [1.807, 2.05) is 19.9 Å². The fourth-order valence-corrected chi connectivity index (χ4v) is 2.57. The molecule has 0 spiro atoms. The Morgan fingerprint density at radius 3 is 2.69 bits per heavy atom. The average molecular weight is 219 g/mol. The Bertz CT molecular complexity index is 465. The van der Waals surface area contributed by atoms with Gasteiger partial charge in [0.05, 0.1) is 0 Å². The van der Waals surface area contributed by atoms with Crippen molar-refractivity contribution in [2.24, 2.45) is 0 Å². The summed E-state index contributed by atoms with van der Waals surface area (Å²) in [7, 11) is 0. The van der Waals surface area contributed by atoms with Crippen LogP contribution in [0.3, 0.4) is 0 Å². The van der Waals surface area contributed by atoms with Crippen molar-refractivity contribution >= 4 is 11.6 Å². The van der Waals surface area contributed by atoms with Gasteiger partial charge < -0.3 is 10.0 Å². The molecule has 1 N–H and O–H groups in total. The number of hydrogen-bond acceptors (Lipinski definition) is 2. The molecule has 3 heteroatoms. The van der Waals surface area contributed by atoms with Crippen molar-refractivity contribution in [1.82, 2.24) is 0 Å². The zero-order chi connectivity index (χ0) is 12.0. The summed E-state index contributed by atoms with van der Waals surface area (Å²) in [6.07, 6.45) is 0. The number of carbonyl (C=O) groups excluding carboxylic acids is 1. The van der Waals surface area contributed by atoms with Crippen LogP contribution in [0.5, 0.6) is 5.75 Å². The van der Waals surface area contributed by atoms with E-state index in [-0.39, 0.29) is 5.91 Å². The van der Waals surface area contributed by atoms with Crippen LogP contribution in [-0.2, 0) is 4.79 Å². The number of carbonyl (C=O) groups is 1. The molecular weight excluding hydrogens is 202 g/mol. The Hall–Kier alpha value is -1.51. The highest BCUT2D eigenvalue weighted by molar-refractivity contribution is 5.95. The molecule has 3 nitrogen and oxygen atoms in total. The standard InChI is InChI=1S/C13H17NO2/c1-7-5-11-12(9(3)13(7)16)8(2)6-14(11)10(4)15/h5,8,16H,6H2,1-4H3. The third-order valence-corrected chi connectivity index (χ3v) is 3.38. The minimum Gasteiger partial charge on any atom is -0.507 e. The van der Waals surface area contributed by atoms with Crippen LogP contribution >= 0.6 is 0 Å². The van der Waals surface area contributed by atoms with E-state index in [4.69, 9.17) is 0 Å². The van der Waals surface area contributed by atoms with Crippen LogP contribution in [-0.4, -0.2) is 17.6 Å². The van der Waals surface area contributed by atoms with Gasteiger partial charge in [-0.15, -0.1) is 0 Å². The molecule has 1 aliphatic rings. The number of anilines is 1. The van der Waals surface area contributed by atoms with Crippen molar-refractivity contribution in [3.8, 4) is 5.75 Å². The van der Waals surface area contributed by atoms with Gasteiger partial charge in [0.2, 0.25) is 5.91 Å². The Balaban J connectivity index is 2.66. The molecule has 2 rings (SSSR count). The highest BCUT2D eigenvalue weighted by atomic mass is 16.3. The molecule has 16 heavy (non-hydrogen) atoms. The van der Waals surface area contributed by atoms with Crippen molar-refractivity contribution < 1.29 is 9.90 Å². The van der Waals surface area contributed by atoms with Gasteiger partial charge in [-0.3, -0.25) is 4.79 Å². The smallest absolute Gasteiger partial charge is 0.223 e. The predicted molar refractivity (Wildman–Crippen MR) is 64.0 cm³/mol. The third-order valence-electron chi connectivity index (χ3n) is 3.38. The first kappa shape index (κ1) is 11.0. The molecule has 0 saturated carbocycles. The van der Waals surface area contributed by atoms with Crippen molar-refractivity contribution in [2.45, 2.75) is 33.6 Å². The van der Waals surface area contributed by atoms with Gasteiger partial charge >= 0.3 is 0 Å². The normalized spacial score (nSPS) is 18.8. The highest BCUT2D eigenvalue weighted by Gasteiger charge is 2.31. The number of amides is 1. The summed E-state index contributed by atoms with van der Waals surface area (Å²) in [4.78, 5) is 13.3. The summed E-state index contributed by atoms with van der Waals surface area (Å²) < 4.78 is 0. The molecule has 0 bridgehead atoms. The molecule has 1 aliphatic heterocycles. The molecule has 0 saturated heterocycles. The van der Waals surface area contributed by atoms with Crippen LogP contribution in [0, 0.1) is 13.8 Å². The van der Waals surface area contributed by atoms with E-state index in [0.717, 1.165) is 22.4 Å². The maximum Gasteiger partial charge on any atom is 0.223 e. The highest BCUT2D eigenvalue weighted by Crippen LogP contribution is 2.42. The van der Waals surface area contributed by atoms with Crippen molar-refractivity contribution in [3.63, 3.8) is 0 Å². The van der Waals surface area contributed by atoms with Crippen molar-refractivity contribution in [3.05, 3.63) is 22.8 Å². The van der Waals surface area contributed by atoms with Gasteiger partial charge in [-0.25, -0.2) is 0 Å². The van der Waals surface area contributed by atoms with E-state index >= 15 is 0 Å². The minimum atomic E-state index is 0.0649. The second kappa shape index (κ2) is 3.51. The lowest BCUT2D eigenvalue weighted by Crippen LogP contribution is -2.26. The zero-order valence-electron chi connectivity index (χ0n) is 10.2. The summed E-state index contributed by atoms with van der Waals surface area (Å²) >= 11 is 0. The maximum atomic E-state index is 11.5. The molecule has 0 fully saturated rings. The first-order chi connectivity index (χ1) is 7.43. The van der Waals surface area contributed by atoms with Crippen molar-refractivity contribution in [2.75, 3.05) is 11.4 Å². The number of aryl methyl sites for hydroxylation is 1. The van der Waals surface area contributed by atoms with E-state index in [9.17, 15) is 9.90 Å². The first-order valence-corrected chi connectivity index (χ1v) is 5.54. The maximum absolute atomic E-state index is 11.5. The van der Waals surface area contributed by atoms with Crippen LogP contribution in [0.15, 0.2) is 6.07 Å². The number of rotatable bonds is 0. The summed E-state index contributed by atoms with van der Waals surface area (Å²) in [5, 5.41) is 9.91. The number of aromatic hydroxyl groups is 1. The average Bonchev–Trinajstić information content (AvgIpc) is 2.52. The molecule has 0 aliphatic carbocycles. The molecule has 0 aromatic heterocycles. The fourth-order valence-electron chi connectivity index (χ4n) is 2.57. The lowest BCUT2D eigenvalue weighted by Gasteiger charge is -2.16. The SMILES string of the molecule is CC(=O)N1CC(C)c2c1cc(C)c(O)c2C. The molecule has 1 aromatic rings. The van der Waals surface area contributed by atoms with E-state index in [0.29, 0.717) is 18.2 Å². The Kier molecular flexibility index (Phi) is 2.41. The van der Waals surface area contributed by atoms with E-state index < -0.39 is 0 Å². The second-order valence-corrected chi connectivity index (χ2v) is 4.63. The number of nitrogens with zero attached hydrogens (tertiary/aromatic N) is 1. The number of phenolic OH excluding ortho intramolecular Hbond substituents is 1. The van der Waals surface area contributed by atoms with Crippen LogP contribution < -0.4 is 4.90 Å². The lowest BCUT2D eigenvalue weighted by molar-refractivity contribution is -0.116. The van der Waals surface area contributed by atoms with Gasteiger partial charge in [-0.2, -0.15) is 0 Å². The Morgan fingerprint density at radius 1 is 1.50 bits per heavy atom. The van der Waals surface area contributed by atoms with Gasteiger partial charge in [0.1, 0.15) is 5.75 Å². The van der Waals surface area contributed by atoms with Gasteiger partial charge in [-0.1, -0.05) is 6.92 Å². The molecule has 86 valence electrons. The quantitative estimate of drug-likeness (QED) is 0.728. The third kappa shape index (κ3) is 1.39. The molecule has 1 atom stereocenters.